The van der Waals surface area contributed by atoms with Crippen LogP contribution in [0.25, 0.3) is 11.3 Å². The third-order valence-electron chi connectivity index (χ3n) is 7.66. The van der Waals surface area contributed by atoms with Crippen LogP contribution in [0.4, 0.5) is 0 Å². The van der Waals surface area contributed by atoms with Gasteiger partial charge >= 0.3 is 0 Å². The average Bonchev–Trinajstić information content (AvgIpc) is 3.10. The molecule has 1 aliphatic carbocycles. The number of pyridine rings is 1. The summed E-state index contributed by atoms with van der Waals surface area (Å²) in [5.41, 5.74) is 12.5. The highest BCUT2D eigenvalue weighted by atomic mass is 16.5. The number of hydrogen-bond donors (Lipinski definition) is 1. The molecule has 4 rings (SSSR count). The average molecular weight is 497 g/mol. The zero-order chi connectivity index (χ0) is 26.0. The van der Waals surface area contributed by atoms with Gasteiger partial charge in [0.25, 0.3) is 0 Å². The number of ether oxygens (including phenoxy) is 1. The highest BCUT2D eigenvalue weighted by Gasteiger charge is 2.21. The Hall–Kier alpha value is -3.23. The molecule has 1 saturated carbocycles. The first-order valence-electron chi connectivity index (χ1n) is 13.8. The van der Waals surface area contributed by atoms with Gasteiger partial charge in [-0.2, -0.15) is 5.26 Å². The van der Waals surface area contributed by atoms with Gasteiger partial charge in [-0.05, 0) is 98.9 Å². The van der Waals surface area contributed by atoms with Crippen LogP contribution in [0.5, 0.6) is 5.75 Å². The Bertz CT molecular complexity index is 1190. The van der Waals surface area contributed by atoms with Crippen molar-refractivity contribution >= 4 is 5.71 Å². The first-order chi connectivity index (χ1) is 18.1. The van der Waals surface area contributed by atoms with Gasteiger partial charge in [0.05, 0.1) is 23.0 Å². The van der Waals surface area contributed by atoms with E-state index in [1.807, 2.05) is 30.5 Å². The van der Waals surface area contributed by atoms with E-state index in [4.69, 9.17) is 15.5 Å². The van der Waals surface area contributed by atoms with Crippen LogP contribution >= 0.6 is 0 Å². The van der Waals surface area contributed by atoms with E-state index in [2.05, 4.69) is 37.1 Å². The SMILES string of the molecule is CC1=N/C(COc2cc(C#N)ccc2-c2ccc(CCN)cn2)=C\C(CC2CCCCCC2C)=C/CC1. The van der Waals surface area contributed by atoms with E-state index in [1.165, 1.54) is 37.7 Å². The van der Waals surface area contributed by atoms with Crippen LogP contribution in [0.2, 0.25) is 0 Å². The van der Waals surface area contributed by atoms with Crippen molar-refractivity contribution in [1.82, 2.24) is 4.98 Å². The van der Waals surface area contributed by atoms with E-state index in [0.717, 1.165) is 65.7 Å². The van der Waals surface area contributed by atoms with Gasteiger partial charge in [-0.25, -0.2) is 0 Å². The number of allylic oxidation sites excluding steroid dienone is 3. The van der Waals surface area contributed by atoms with Crippen molar-refractivity contribution in [3.8, 4) is 23.1 Å². The lowest BCUT2D eigenvalue weighted by Crippen LogP contribution is -2.12. The highest BCUT2D eigenvalue weighted by Crippen LogP contribution is 2.34. The fraction of sp³-hybridized carbons (Fsp3) is 0.469. The molecule has 1 aromatic heterocycles. The maximum atomic E-state index is 9.50. The molecule has 2 atom stereocenters. The van der Waals surface area contributed by atoms with Gasteiger partial charge in [-0.15, -0.1) is 0 Å². The van der Waals surface area contributed by atoms with Crippen molar-refractivity contribution in [3.63, 3.8) is 0 Å². The minimum atomic E-state index is 0.349. The lowest BCUT2D eigenvalue weighted by molar-refractivity contribution is 0.335. The summed E-state index contributed by atoms with van der Waals surface area (Å²) in [6, 6.07) is 11.8. The molecule has 1 fully saturated rings. The van der Waals surface area contributed by atoms with E-state index < -0.39 is 0 Å². The molecule has 2 N–H and O–H groups in total. The van der Waals surface area contributed by atoms with Crippen LogP contribution < -0.4 is 10.5 Å². The third kappa shape index (κ3) is 7.63. The number of nitriles is 1. The Morgan fingerprint density at radius 1 is 1.14 bits per heavy atom. The van der Waals surface area contributed by atoms with Gasteiger partial charge in [0.2, 0.25) is 0 Å². The minimum absolute atomic E-state index is 0.349. The van der Waals surface area contributed by atoms with Gasteiger partial charge in [-0.3, -0.25) is 9.98 Å². The van der Waals surface area contributed by atoms with E-state index in [9.17, 15) is 5.26 Å². The summed E-state index contributed by atoms with van der Waals surface area (Å²) in [6.07, 6.45) is 17.2. The first-order valence-corrected chi connectivity index (χ1v) is 13.8. The highest BCUT2D eigenvalue weighted by molar-refractivity contribution is 5.83. The smallest absolute Gasteiger partial charge is 0.130 e. The topological polar surface area (TPSA) is 84.3 Å². The lowest BCUT2D eigenvalue weighted by Gasteiger charge is -2.23. The Balaban J connectivity index is 1.56. The van der Waals surface area contributed by atoms with E-state index >= 15 is 0 Å². The molecular weight excluding hydrogens is 456 g/mol. The third-order valence-corrected chi connectivity index (χ3v) is 7.66. The summed E-state index contributed by atoms with van der Waals surface area (Å²) < 4.78 is 6.36. The molecule has 1 aromatic carbocycles. The molecule has 37 heavy (non-hydrogen) atoms. The van der Waals surface area contributed by atoms with Crippen LogP contribution in [0.1, 0.15) is 76.3 Å². The largest absolute Gasteiger partial charge is 0.487 e. The molecule has 0 spiro atoms. The number of nitrogens with zero attached hydrogens (tertiary/aromatic N) is 3. The van der Waals surface area contributed by atoms with Gasteiger partial charge in [0.1, 0.15) is 12.4 Å². The van der Waals surface area contributed by atoms with Crippen LogP contribution in [-0.4, -0.2) is 23.8 Å². The number of hydrogen-bond acceptors (Lipinski definition) is 5. The second-order valence-corrected chi connectivity index (χ2v) is 10.6. The number of rotatable bonds is 8. The molecule has 2 unspecified atom stereocenters. The van der Waals surface area contributed by atoms with E-state index in [1.54, 1.807) is 6.07 Å². The van der Waals surface area contributed by atoms with Crippen LogP contribution in [0.15, 0.2) is 64.9 Å². The first kappa shape index (κ1) is 26.8. The summed E-state index contributed by atoms with van der Waals surface area (Å²) >= 11 is 0. The zero-order valence-corrected chi connectivity index (χ0v) is 22.4. The van der Waals surface area contributed by atoms with Crippen LogP contribution in [-0.2, 0) is 6.42 Å². The normalized spacial score (nSPS) is 23.2. The maximum Gasteiger partial charge on any atom is 0.130 e. The molecule has 0 bridgehead atoms. The molecular formula is C32H40N4O. The van der Waals surface area contributed by atoms with Crippen LogP contribution in [0.3, 0.4) is 0 Å². The molecule has 0 saturated heterocycles. The summed E-state index contributed by atoms with van der Waals surface area (Å²) in [5.74, 6) is 2.16. The molecule has 2 aliphatic rings. The molecule has 0 amide bonds. The van der Waals surface area contributed by atoms with Crippen molar-refractivity contribution in [2.45, 2.75) is 71.6 Å². The number of aliphatic imine (C=N–C) groups is 1. The quantitative estimate of drug-likeness (QED) is 0.393. The molecule has 2 heterocycles. The van der Waals surface area contributed by atoms with E-state index in [-0.39, 0.29) is 0 Å². The molecule has 2 aromatic rings. The monoisotopic (exact) mass is 496 g/mol. The molecule has 1 aliphatic heterocycles. The Labute approximate surface area is 222 Å². The summed E-state index contributed by atoms with van der Waals surface area (Å²) in [4.78, 5) is 9.57. The Morgan fingerprint density at radius 3 is 2.78 bits per heavy atom. The fourth-order valence-electron chi connectivity index (χ4n) is 5.44. The predicted octanol–water partition coefficient (Wildman–Crippen LogP) is 7.17. The molecule has 0 radical (unpaired) electrons. The molecule has 5 heteroatoms. The lowest BCUT2D eigenvalue weighted by atomic mass is 9.83. The molecule has 5 nitrogen and oxygen atoms in total. The number of benzene rings is 1. The Morgan fingerprint density at radius 2 is 2.00 bits per heavy atom. The summed E-state index contributed by atoms with van der Waals surface area (Å²) in [6.45, 7) is 5.46. The van der Waals surface area contributed by atoms with Gasteiger partial charge in [0, 0.05) is 17.5 Å². The second kappa shape index (κ2) is 13.4. The Kier molecular flexibility index (Phi) is 9.68. The predicted molar refractivity (Wildman–Crippen MR) is 152 cm³/mol. The maximum absolute atomic E-state index is 9.50. The van der Waals surface area contributed by atoms with Crippen molar-refractivity contribution in [3.05, 3.63) is 71.1 Å². The fourth-order valence-corrected chi connectivity index (χ4v) is 5.44. The van der Waals surface area contributed by atoms with Crippen molar-refractivity contribution < 1.29 is 4.74 Å². The van der Waals surface area contributed by atoms with Gasteiger partial charge in [0.15, 0.2) is 0 Å². The standard InChI is InChI=1S/C32H40N4O/c1-23-7-4-3-5-10-28(23)17-26-9-6-8-24(2)36-29(18-26)22-37-32-19-27(20-34)11-13-30(32)31-14-12-25(15-16-33)21-35-31/h9,11-14,18-19,21,23,28H,3-8,10,15-17,22,33H2,1-2H3/b26-9-,29-18-,36-24?. The summed E-state index contributed by atoms with van der Waals surface area (Å²) in [5, 5.41) is 9.50. The van der Waals surface area contributed by atoms with Gasteiger partial charge in [-0.1, -0.05) is 44.7 Å². The zero-order valence-electron chi connectivity index (χ0n) is 22.4. The molecule has 194 valence electrons. The summed E-state index contributed by atoms with van der Waals surface area (Å²) in [7, 11) is 0. The second-order valence-electron chi connectivity index (χ2n) is 10.6. The van der Waals surface area contributed by atoms with Gasteiger partial charge < -0.3 is 10.5 Å². The van der Waals surface area contributed by atoms with Crippen molar-refractivity contribution in [2.75, 3.05) is 13.2 Å². The van der Waals surface area contributed by atoms with Crippen LogP contribution in [0, 0.1) is 23.2 Å². The van der Waals surface area contributed by atoms with Crippen molar-refractivity contribution in [1.29, 1.82) is 5.26 Å². The number of aromatic nitrogens is 1. The van der Waals surface area contributed by atoms with Crippen molar-refractivity contribution in [2.24, 2.45) is 22.6 Å². The van der Waals surface area contributed by atoms with E-state index in [0.29, 0.717) is 24.5 Å². The minimum Gasteiger partial charge on any atom is -0.487 e. The number of nitrogens with two attached hydrogens (primary N) is 1.